The summed E-state index contributed by atoms with van der Waals surface area (Å²) in [4.78, 5) is 2.51. The van der Waals surface area contributed by atoms with E-state index in [1.54, 1.807) is 0 Å². The first-order chi connectivity index (χ1) is 17.8. The van der Waals surface area contributed by atoms with Crippen LogP contribution in [0.15, 0.2) is 97.1 Å². The smallest absolute Gasteiger partial charge is 0.204 e. The molecule has 36 heavy (non-hydrogen) atoms. The number of hydrogen-bond acceptors (Lipinski definition) is 5. The van der Waals surface area contributed by atoms with E-state index in [9.17, 15) is 0 Å². The molecule has 1 aliphatic rings. The van der Waals surface area contributed by atoms with E-state index in [-0.39, 0.29) is 6.04 Å². The highest BCUT2D eigenvalue weighted by Gasteiger charge is 2.34. The fourth-order valence-electron chi connectivity index (χ4n) is 5.54. The largest absolute Gasteiger partial charge is 0.371 e. The number of fused-ring (bicyclic) bond motifs is 1. The topological polar surface area (TPSA) is 69.7 Å². The molecule has 1 fully saturated rings. The lowest BCUT2D eigenvalue weighted by atomic mass is 9.88. The number of tetrazole rings is 1. The van der Waals surface area contributed by atoms with Crippen molar-refractivity contribution in [1.29, 1.82) is 0 Å². The van der Waals surface area contributed by atoms with Crippen LogP contribution in [0.5, 0.6) is 0 Å². The van der Waals surface area contributed by atoms with Gasteiger partial charge in [0.1, 0.15) is 0 Å². The van der Waals surface area contributed by atoms with E-state index in [4.69, 9.17) is 0 Å². The molecule has 4 aromatic carbocycles. The van der Waals surface area contributed by atoms with Crippen molar-refractivity contribution in [3.8, 4) is 11.4 Å². The zero-order valence-electron chi connectivity index (χ0n) is 20.4. The van der Waals surface area contributed by atoms with E-state index in [2.05, 4.69) is 135 Å². The maximum atomic E-state index is 4.09. The van der Waals surface area contributed by atoms with Crippen molar-refractivity contribution in [1.82, 2.24) is 25.9 Å². The Labute approximate surface area is 211 Å². The number of rotatable bonds is 7. The Kier molecular flexibility index (Phi) is 6.18. The Hall–Kier alpha value is -4.03. The standard InChI is InChI=1S/C30H30N6/c1-21(27-13-7-11-22-10-5-6-12-28(22)27)31-18-25-19-36(20-29(25)23-8-3-2-4-9-23)26-16-14-24(15-17-26)30-32-34-35-33-30/h2-17,21,25,29,31H,18-20H2,1H3,(H,32,33,34,35)/t21-,25+,29-/m1/s1. The Balaban J connectivity index is 1.21. The van der Waals surface area contributed by atoms with E-state index >= 15 is 0 Å². The third kappa shape index (κ3) is 4.48. The van der Waals surface area contributed by atoms with Crippen molar-refractivity contribution in [2.45, 2.75) is 18.9 Å². The summed E-state index contributed by atoms with van der Waals surface area (Å²) in [6.45, 7) is 5.25. The Morgan fingerprint density at radius 1 is 0.889 bits per heavy atom. The molecule has 1 aromatic heterocycles. The van der Waals surface area contributed by atoms with Gasteiger partial charge in [0, 0.05) is 42.8 Å². The number of nitrogens with one attached hydrogen (secondary N) is 2. The second-order valence-corrected chi connectivity index (χ2v) is 9.66. The maximum absolute atomic E-state index is 4.09. The first kappa shape index (κ1) is 22.4. The first-order valence-electron chi connectivity index (χ1n) is 12.6. The van der Waals surface area contributed by atoms with Crippen LogP contribution in [0, 0.1) is 5.92 Å². The molecule has 0 aliphatic carbocycles. The zero-order valence-corrected chi connectivity index (χ0v) is 20.4. The molecular weight excluding hydrogens is 444 g/mol. The van der Waals surface area contributed by atoms with Gasteiger partial charge >= 0.3 is 0 Å². The van der Waals surface area contributed by atoms with Crippen LogP contribution in [0.1, 0.15) is 30.0 Å². The number of hydrogen-bond donors (Lipinski definition) is 2. The molecule has 0 saturated carbocycles. The molecule has 0 spiro atoms. The van der Waals surface area contributed by atoms with Crippen LogP contribution in [-0.4, -0.2) is 40.3 Å². The van der Waals surface area contributed by atoms with E-state index in [0.717, 1.165) is 25.2 Å². The van der Waals surface area contributed by atoms with E-state index in [0.29, 0.717) is 17.7 Å². The van der Waals surface area contributed by atoms with Gasteiger partial charge in [0.15, 0.2) is 0 Å². The van der Waals surface area contributed by atoms with Crippen molar-refractivity contribution < 1.29 is 0 Å². The fraction of sp³-hybridized carbons (Fsp3) is 0.233. The van der Waals surface area contributed by atoms with Crippen LogP contribution >= 0.6 is 0 Å². The minimum Gasteiger partial charge on any atom is -0.371 e. The van der Waals surface area contributed by atoms with Crippen LogP contribution in [-0.2, 0) is 0 Å². The van der Waals surface area contributed by atoms with E-state index in [1.165, 1.54) is 27.6 Å². The SMILES string of the molecule is C[C@@H](NC[C@H]1CN(c2ccc(-c3nn[nH]n3)cc2)C[C@@H]1c1ccccc1)c1cccc2ccccc12. The Morgan fingerprint density at radius 2 is 1.67 bits per heavy atom. The predicted molar refractivity (Wildman–Crippen MR) is 145 cm³/mol. The number of aromatic nitrogens is 4. The number of benzene rings is 4. The van der Waals surface area contributed by atoms with Crippen LogP contribution in [0.3, 0.4) is 0 Å². The summed E-state index contributed by atoms with van der Waals surface area (Å²) >= 11 is 0. The van der Waals surface area contributed by atoms with Crippen LogP contribution in [0.25, 0.3) is 22.2 Å². The molecule has 1 aliphatic heterocycles. The zero-order chi connectivity index (χ0) is 24.3. The number of H-pyrrole nitrogens is 1. The highest BCUT2D eigenvalue weighted by molar-refractivity contribution is 5.86. The molecule has 0 amide bonds. The van der Waals surface area contributed by atoms with Gasteiger partial charge in [0.2, 0.25) is 5.82 Å². The van der Waals surface area contributed by atoms with Gasteiger partial charge in [-0.05, 0) is 64.2 Å². The minimum atomic E-state index is 0.274. The van der Waals surface area contributed by atoms with Gasteiger partial charge in [-0.25, -0.2) is 0 Å². The molecule has 2 N–H and O–H groups in total. The van der Waals surface area contributed by atoms with Gasteiger partial charge in [-0.1, -0.05) is 72.8 Å². The molecule has 1 saturated heterocycles. The van der Waals surface area contributed by atoms with Crippen LogP contribution < -0.4 is 10.2 Å². The Bertz CT molecular complexity index is 1410. The van der Waals surface area contributed by atoms with Gasteiger partial charge < -0.3 is 10.2 Å². The molecule has 6 nitrogen and oxygen atoms in total. The molecule has 0 bridgehead atoms. The summed E-state index contributed by atoms with van der Waals surface area (Å²) in [6, 6.07) is 35.0. The summed E-state index contributed by atoms with van der Waals surface area (Å²) in [7, 11) is 0. The number of anilines is 1. The van der Waals surface area contributed by atoms with Gasteiger partial charge in [-0.2, -0.15) is 5.21 Å². The lowest BCUT2D eigenvalue weighted by Crippen LogP contribution is -2.30. The summed E-state index contributed by atoms with van der Waals surface area (Å²) in [5.74, 6) is 1.59. The number of nitrogens with zero attached hydrogens (tertiary/aromatic N) is 4. The minimum absolute atomic E-state index is 0.274. The molecule has 2 heterocycles. The molecule has 6 heteroatoms. The van der Waals surface area contributed by atoms with Crippen LogP contribution in [0.2, 0.25) is 0 Å². The van der Waals surface area contributed by atoms with Crippen molar-refractivity contribution >= 4 is 16.5 Å². The summed E-state index contributed by atoms with van der Waals surface area (Å²) in [6.07, 6.45) is 0. The van der Waals surface area contributed by atoms with Crippen molar-refractivity contribution in [2.75, 3.05) is 24.5 Å². The van der Waals surface area contributed by atoms with Gasteiger partial charge in [0.05, 0.1) is 0 Å². The van der Waals surface area contributed by atoms with Crippen molar-refractivity contribution in [3.63, 3.8) is 0 Å². The second-order valence-electron chi connectivity index (χ2n) is 9.66. The number of aromatic amines is 1. The normalized spacial score (nSPS) is 18.5. The molecule has 180 valence electrons. The van der Waals surface area contributed by atoms with Crippen LogP contribution in [0.4, 0.5) is 5.69 Å². The summed E-state index contributed by atoms with van der Waals surface area (Å²) in [5, 5.41) is 20.9. The molecular formula is C30H30N6. The third-order valence-electron chi connectivity index (χ3n) is 7.48. The molecule has 6 rings (SSSR count). The van der Waals surface area contributed by atoms with Crippen molar-refractivity contribution in [2.24, 2.45) is 5.92 Å². The summed E-state index contributed by atoms with van der Waals surface area (Å²) in [5.41, 5.74) is 4.96. The predicted octanol–water partition coefficient (Wildman–Crippen LogP) is 5.59. The summed E-state index contributed by atoms with van der Waals surface area (Å²) < 4.78 is 0. The van der Waals surface area contributed by atoms with E-state index < -0.39 is 0 Å². The van der Waals surface area contributed by atoms with Gasteiger partial charge in [0.25, 0.3) is 0 Å². The lowest BCUT2D eigenvalue weighted by Gasteiger charge is -2.23. The first-order valence-corrected chi connectivity index (χ1v) is 12.6. The lowest BCUT2D eigenvalue weighted by molar-refractivity contribution is 0.441. The van der Waals surface area contributed by atoms with E-state index in [1.807, 2.05) is 0 Å². The molecule has 0 radical (unpaired) electrons. The Morgan fingerprint density at radius 3 is 2.47 bits per heavy atom. The highest BCUT2D eigenvalue weighted by atomic mass is 15.5. The monoisotopic (exact) mass is 474 g/mol. The quantitative estimate of drug-likeness (QED) is 0.322. The fourth-order valence-corrected chi connectivity index (χ4v) is 5.54. The van der Waals surface area contributed by atoms with Crippen molar-refractivity contribution in [3.05, 3.63) is 108 Å². The average Bonchev–Trinajstić information content (AvgIpc) is 3.63. The molecule has 5 aromatic rings. The van der Waals surface area contributed by atoms with Gasteiger partial charge in [-0.3, -0.25) is 0 Å². The molecule has 3 atom stereocenters. The second kappa shape index (κ2) is 9.91. The highest BCUT2D eigenvalue weighted by Crippen LogP contribution is 2.36. The third-order valence-corrected chi connectivity index (χ3v) is 7.48. The van der Waals surface area contributed by atoms with Gasteiger partial charge in [-0.15, -0.1) is 10.2 Å². The molecule has 0 unspecified atom stereocenters. The maximum Gasteiger partial charge on any atom is 0.204 e. The average molecular weight is 475 g/mol.